The molecule has 4 nitrogen and oxygen atoms in total. The van der Waals surface area contributed by atoms with Crippen molar-refractivity contribution in [2.75, 3.05) is 19.6 Å². The number of nitrogens with zero attached hydrogens (tertiary/aromatic N) is 1. The molecule has 1 N–H and O–H groups in total. The molecule has 21 heavy (non-hydrogen) atoms. The van der Waals surface area contributed by atoms with Crippen molar-refractivity contribution < 1.29 is 9.21 Å². The van der Waals surface area contributed by atoms with E-state index in [9.17, 15) is 4.79 Å². The number of amides is 1. The average Bonchev–Trinajstić information content (AvgIpc) is 2.94. The summed E-state index contributed by atoms with van der Waals surface area (Å²) >= 11 is 9.51. The Morgan fingerprint density at radius 1 is 1.43 bits per heavy atom. The standard InChI is InChI=1S/C15H14BrClN2O2/c16-14-7-10(9-21-14)15(20)19-6-5-18-8-13(19)11-3-1-2-4-12(11)17/h1-4,7,9,13,18H,5-6,8H2. The summed E-state index contributed by atoms with van der Waals surface area (Å²) in [5, 5.41) is 3.99. The number of carbonyl (C=O) groups is 1. The molecule has 0 aliphatic carbocycles. The second-order valence-corrected chi connectivity index (χ2v) is 6.07. The van der Waals surface area contributed by atoms with Crippen LogP contribution in [0.15, 0.2) is 45.7 Å². The molecule has 0 bridgehead atoms. The molecule has 2 heterocycles. The van der Waals surface area contributed by atoms with Gasteiger partial charge in [-0.1, -0.05) is 29.8 Å². The van der Waals surface area contributed by atoms with E-state index in [0.717, 1.165) is 12.1 Å². The number of benzene rings is 1. The highest BCUT2D eigenvalue weighted by Gasteiger charge is 2.30. The van der Waals surface area contributed by atoms with Crippen molar-refractivity contribution in [2.24, 2.45) is 0 Å². The number of halogens is 2. The molecule has 1 aliphatic heterocycles. The first-order valence-corrected chi connectivity index (χ1v) is 7.84. The normalized spacial score (nSPS) is 18.8. The molecule has 1 atom stereocenters. The number of hydrogen-bond acceptors (Lipinski definition) is 3. The number of furan rings is 1. The molecule has 1 aromatic heterocycles. The summed E-state index contributed by atoms with van der Waals surface area (Å²) in [6.45, 7) is 2.09. The lowest BCUT2D eigenvalue weighted by Gasteiger charge is -2.36. The Morgan fingerprint density at radius 2 is 2.24 bits per heavy atom. The summed E-state index contributed by atoms with van der Waals surface area (Å²) in [4.78, 5) is 14.5. The summed E-state index contributed by atoms with van der Waals surface area (Å²) < 4.78 is 5.72. The molecular weight excluding hydrogens is 356 g/mol. The van der Waals surface area contributed by atoms with Crippen molar-refractivity contribution in [3.05, 3.63) is 57.4 Å². The van der Waals surface area contributed by atoms with E-state index in [-0.39, 0.29) is 11.9 Å². The monoisotopic (exact) mass is 368 g/mol. The van der Waals surface area contributed by atoms with E-state index in [0.29, 0.717) is 28.3 Å². The minimum absolute atomic E-state index is 0.0455. The van der Waals surface area contributed by atoms with Crippen LogP contribution in [0.3, 0.4) is 0 Å². The highest BCUT2D eigenvalue weighted by atomic mass is 79.9. The Morgan fingerprint density at radius 3 is 2.95 bits per heavy atom. The molecule has 1 fully saturated rings. The number of carbonyl (C=O) groups excluding carboxylic acids is 1. The third-order valence-corrected chi connectivity index (χ3v) is 4.34. The first-order chi connectivity index (χ1) is 10.2. The number of piperazine rings is 1. The Kier molecular flexibility index (Phi) is 4.33. The molecule has 110 valence electrons. The molecular formula is C15H14BrClN2O2. The second kappa shape index (κ2) is 6.22. The van der Waals surface area contributed by atoms with Gasteiger partial charge < -0.3 is 14.6 Å². The van der Waals surface area contributed by atoms with Crippen LogP contribution in [0.5, 0.6) is 0 Å². The summed E-state index contributed by atoms with van der Waals surface area (Å²) in [7, 11) is 0. The van der Waals surface area contributed by atoms with Crippen LogP contribution in [0.1, 0.15) is 22.0 Å². The zero-order valence-corrected chi connectivity index (χ0v) is 13.5. The van der Waals surface area contributed by atoms with Crippen LogP contribution in [0.2, 0.25) is 5.02 Å². The molecule has 6 heteroatoms. The van der Waals surface area contributed by atoms with Gasteiger partial charge in [-0.15, -0.1) is 0 Å². The van der Waals surface area contributed by atoms with Crippen molar-refractivity contribution in [3.63, 3.8) is 0 Å². The quantitative estimate of drug-likeness (QED) is 0.881. The third kappa shape index (κ3) is 3.00. The third-order valence-electron chi connectivity index (χ3n) is 3.58. The molecule has 1 amide bonds. The first-order valence-electron chi connectivity index (χ1n) is 6.67. The van der Waals surface area contributed by atoms with E-state index in [4.69, 9.17) is 16.0 Å². The van der Waals surface area contributed by atoms with Crippen molar-refractivity contribution in [2.45, 2.75) is 6.04 Å². The zero-order valence-electron chi connectivity index (χ0n) is 11.2. The fourth-order valence-corrected chi connectivity index (χ4v) is 3.16. The molecule has 1 aliphatic rings. The number of rotatable bonds is 2. The van der Waals surface area contributed by atoms with Gasteiger partial charge in [0.1, 0.15) is 6.26 Å². The van der Waals surface area contributed by atoms with Crippen LogP contribution >= 0.6 is 27.5 Å². The Bertz CT molecular complexity index is 659. The van der Waals surface area contributed by atoms with Crippen molar-refractivity contribution in [1.82, 2.24) is 10.2 Å². The fourth-order valence-electron chi connectivity index (χ4n) is 2.56. The van der Waals surface area contributed by atoms with E-state index in [1.54, 1.807) is 6.07 Å². The minimum Gasteiger partial charge on any atom is -0.457 e. The predicted octanol–water partition coefficient (Wildman–Crippen LogP) is 3.48. The van der Waals surface area contributed by atoms with Gasteiger partial charge in [0.2, 0.25) is 0 Å². The number of hydrogen-bond donors (Lipinski definition) is 1. The Labute approximate surface area is 136 Å². The summed E-state index contributed by atoms with van der Waals surface area (Å²) in [5.41, 5.74) is 1.50. The van der Waals surface area contributed by atoms with Gasteiger partial charge in [0, 0.05) is 30.7 Å². The first kappa shape index (κ1) is 14.6. The van der Waals surface area contributed by atoms with Crippen LogP contribution in [0.4, 0.5) is 0 Å². The van der Waals surface area contributed by atoms with E-state index in [2.05, 4.69) is 21.2 Å². The topological polar surface area (TPSA) is 45.5 Å². The van der Waals surface area contributed by atoms with Crippen LogP contribution in [-0.2, 0) is 0 Å². The van der Waals surface area contributed by atoms with Gasteiger partial charge in [0.05, 0.1) is 11.6 Å². The predicted molar refractivity (Wildman–Crippen MR) is 84.5 cm³/mol. The molecule has 0 spiro atoms. The van der Waals surface area contributed by atoms with Gasteiger partial charge in [0.15, 0.2) is 4.67 Å². The van der Waals surface area contributed by atoms with E-state index >= 15 is 0 Å². The van der Waals surface area contributed by atoms with Crippen LogP contribution < -0.4 is 5.32 Å². The maximum absolute atomic E-state index is 12.7. The van der Waals surface area contributed by atoms with Crippen molar-refractivity contribution >= 4 is 33.4 Å². The maximum Gasteiger partial charge on any atom is 0.257 e. The summed E-state index contributed by atoms with van der Waals surface area (Å²) in [6, 6.07) is 9.25. The zero-order chi connectivity index (χ0) is 14.8. The molecule has 1 unspecified atom stereocenters. The lowest BCUT2D eigenvalue weighted by atomic mass is 10.0. The minimum atomic E-state index is -0.0753. The molecule has 2 aromatic rings. The Balaban J connectivity index is 1.92. The molecule has 1 aromatic carbocycles. The van der Waals surface area contributed by atoms with E-state index < -0.39 is 0 Å². The second-order valence-electron chi connectivity index (χ2n) is 4.88. The Hall–Kier alpha value is -1.30. The lowest BCUT2D eigenvalue weighted by molar-refractivity contribution is 0.0634. The largest absolute Gasteiger partial charge is 0.457 e. The maximum atomic E-state index is 12.7. The highest BCUT2D eigenvalue weighted by Crippen LogP contribution is 2.30. The van der Waals surface area contributed by atoms with Crippen LogP contribution in [0.25, 0.3) is 0 Å². The summed E-state index contributed by atoms with van der Waals surface area (Å²) in [5.74, 6) is -0.0455. The molecule has 0 radical (unpaired) electrons. The van der Waals surface area contributed by atoms with Gasteiger partial charge in [-0.25, -0.2) is 0 Å². The van der Waals surface area contributed by atoms with Crippen LogP contribution in [0, 0.1) is 0 Å². The van der Waals surface area contributed by atoms with Gasteiger partial charge in [-0.2, -0.15) is 0 Å². The van der Waals surface area contributed by atoms with Gasteiger partial charge >= 0.3 is 0 Å². The van der Waals surface area contributed by atoms with E-state index in [1.165, 1.54) is 6.26 Å². The van der Waals surface area contributed by atoms with Crippen LogP contribution in [-0.4, -0.2) is 30.4 Å². The molecule has 1 saturated heterocycles. The van der Waals surface area contributed by atoms with Gasteiger partial charge in [-0.3, -0.25) is 4.79 Å². The summed E-state index contributed by atoms with van der Waals surface area (Å²) in [6.07, 6.45) is 1.47. The van der Waals surface area contributed by atoms with Gasteiger partial charge in [-0.05, 0) is 27.6 Å². The lowest BCUT2D eigenvalue weighted by Crippen LogP contribution is -2.48. The van der Waals surface area contributed by atoms with Crippen molar-refractivity contribution in [3.8, 4) is 0 Å². The van der Waals surface area contributed by atoms with Crippen molar-refractivity contribution in [1.29, 1.82) is 0 Å². The number of nitrogens with one attached hydrogen (secondary N) is 1. The molecule has 3 rings (SSSR count). The highest BCUT2D eigenvalue weighted by molar-refractivity contribution is 9.10. The average molecular weight is 370 g/mol. The van der Waals surface area contributed by atoms with Gasteiger partial charge in [0.25, 0.3) is 5.91 Å². The smallest absolute Gasteiger partial charge is 0.257 e. The SMILES string of the molecule is O=C(c1coc(Br)c1)N1CCNCC1c1ccccc1Cl. The molecule has 0 saturated carbocycles. The van der Waals surface area contributed by atoms with E-state index in [1.807, 2.05) is 29.2 Å². The fraction of sp³-hybridized carbons (Fsp3) is 0.267.